The highest BCUT2D eigenvalue weighted by Crippen LogP contribution is 2.45. The van der Waals surface area contributed by atoms with Crippen molar-refractivity contribution >= 4 is 40.7 Å². The lowest BCUT2D eigenvalue weighted by atomic mass is 9.72. The van der Waals surface area contributed by atoms with Crippen molar-refractivity contribution in [2.75, 3.05) is 5.32 Å². The summed E-state index contributed by atoms with van der Waals surface area (Å²) in [7, 11) is 0. The van der Waals surface area contributed by atoms with Crippen LogP contribution in [0.1, 0.15) is 56.9 Å². The molecule has 1 saturated carbocycles. The molecule has 1 N–H and O–H groups in total. The van der Waals surface area contributed by atoms with Gasteiger partial charge in [0.05, 0.1) is 0 Å². The van der Waals surface area contributed by atoms with E-state index >= 15 is 0 Å². The molecule has 100 valence electrons. The predicted molar refractivity (Wildman–Crippen MR) is 88.9 cm³/mol. The second-order valence-electron chi connectivity index (χ2n) is 5.80. The van der Waals surface area contributed by atoms with Crippen LogP contribution in [-0.2, 0) is 0 Å². The Morgan fingerprint density at radius 3 is 2.67 bits per heavy atom. The number of hydrogen-bond donors (Lipinski definition) is 1. The van der Waals surface area contributed by atoms with Crippen molar-refractivity contribution in [3.05, 3.63) is 27.3 Å². The summed E-state index contributed by atoms with van der Waals surface area (Å²) in [5.41, 5.74) is 3.33. The molecule has 1 aromatic rings. The summed E-state index contributed by atoms with van der Waals surface area (Å²) < 4.78 is 1.36. The molecule has 1 fully saturated rings. The van der Waals surface area contributed by atoms with Crippen LogP contribution < -0.4 is 5.32 Å². The minimum absolute atomic E-state index is 0. The fourth-order valence-corrected chi connectivity index (χ4v) is 4.16. The number of benzene rings is 1. The maximum Gasteiger partial charge on any atom is 0.0380 e. The van der Waals surface area contributed by atoms with E-state index in [9.17, 15) is 0 Å². The van der Waals surface area contributed by atoms with Crippen molar-refractivity contribution in [1.82, 2.24) is 0 Å². The molecule has 1 spiro atoms. The van der Waals surface area contributed by atoms with Crippen LogP contribution in [0.25, 0.3) is 0 Å². The molecule has 0 radical (unpaired) electrons. The van der Waals surface area contributed by atoms with Crippen LogP contribution in [0, 0.1) is 3.57 Å². The van der Waals surface area contributed by atoms with E-state index < -0.39 is 0 Å². The molecule has 0 aromatic heterocycles. The molecular formula is C15H21ClIN. The summed E-state index contributed by atoms with van der Waals surface area (Å²) in [4.78, 5) is 0. The van der Waals surface area contributed by atoms with Gasteiger partial charge in [0.2, 0.25) is 0 Å². The molecule has 1 atom stereocenters. The minimum Gasteiger partial charge on any atom is -0.379 e. The van der Waals surface area contributed by atoms with Gasteiger partial charge in [0.15, 0.2) is 0 Å². The largest absolute Gasteiger partial charge is 0.379 e. The Balaban J connectivity index is 0.00000120. The first-order valence-electron chi connectivity index (χ1n) is 6.76. The van der Waals surface area contributed by atoms with Gasteiger partial charge < -0.3 is 5.32 Å². The molecule has 2 aliphatic rings. The first-order valence-corrected chi connectivity index (χ1v) is 7.84. The fraction of sp³-hybridized carbons (Fsp3) is 0.600. The van der Waals surface area contributed by atoms with E-state index in [-0.39, 0.29) is 12.4 Å². The van der Waals surface area contributed by atoms with Crippen molar-refractivity contribution in [1.29, 1.82) is 0 Å². The summed E-state index contributed by atoms with van der Waals surface area (Å²) in [5.74, 6) is 0.707. The molecule has 1 aliphatic carbocycles. The lowest BCUT2D eigenvalue weighted by molar-refractivity contribution is 0.281. The number of hydrogen-bond acceptors (Lipinski definition) is 1. The molecule has 18 heavy (non-hydrogen) atoms. The summed E-state index contributed by atoms with van der Waals surface area (Å²) in [6.07, 6.45) is 8.28. The van der Waals surface area contributed by atoms with Gasteiger partial charge in [-0.15, -0.1) is 12.4 Å². The number of nitrogens with one attached hydrogen (secondary N) is 1. The summed E-state index contributed by atoms with van der Waals surface area (Å²) in [6.45, 7) is 2.39. The molecule has 0 saturated heterocycles. The highest BCUT2D eigenvalue weighted by Gasteiger charge is 2.37. The van der Waals surface area contributed by atoms with E-state index in [1.54, 1.807) is 0 Å². The third-order valence-corrected chi connectivity index (χ3v) is 5.12. The fourth-order valence-electron chi connectivity index (χ4n) is 3.65. The maximum atomic E-state index is 3.87. The van der Waals surface area contributed by atoms with E-state index in [0.717, 1.165) is 0 Å². The highest BCUT2D eigenvalue weighted by atomic mass is 127. The Labute approximate surface area is 130 Å². The number of halogens is 2. The van der Waals surface area contributed by atoms with E-state index in [1.807, 2.05) is 0 Å². The SMILES string of the molecule is CC1CC2(CCCCC2)Nc2ccc(I)cc21.Cl. The Morgan fingerprint density at radius 2 is 1.94 bits per heavy atom. The van der Waals surface area contributed by atoms with Crippen LogP contribution in [0.2, 0.25) is 0 Å². The lowest BCUT2D eigenvalue weighted by Crippen LogP contribution is -2.44. The molecule has 3 rings (SSSR count). The lowest BCUT2D eigenvalue weighted by Gasteiger charge is -2.45. The molecule has 1 heterocycles. The molecule has 1 nitrogen and oxygen atoms in total. The molecule has 0 bridgehead atoms. The van der Waals surface area contributed by atoms with Gasteiger partial charge in [0.25, 0.3) is 0 Å². The zero-order chi connectivity index (χ0) is 11.9. The number of anilines is 1. The molecule has 3 heteroatoms. The van der Waals surface area contributed by atoms with Crippen LogP contribution in [0.15, 0.2) is 18.2 Å². The Hall–Kier alpha value is 0.0400. The van der Waals surface area contributed by atoms with E-state index in [2.05, 4.69) is 53.0 Å². The molecular weight excluding hydrogens is 357 g/mol. The van der Waals surface area contributed by atoms with Crippen molar-refractivity contribution in [2.45, 2.75) is 56.9 Å². The maximum absolute atomic E-state index is 3.87. The molecule has 0 amide bonds. The van der Waals surface area contributed by atoms with Crippen LogP contribution in [0.5, 0.6) is 0 Å². The summed E-state index contributed by atoms with van der Waals surface area (Å²) in [6, 6.07) is 6.85. The van der Waals surface area contributed by atoms with Gasteiger partial charge in [-0.05, 0) is 71.5 Å². The van der Waals surface area contributed by atoms with Crippen molar-refractivity contribution < 1.29 is 0 Å². The van der Waals surface area contributed by atoms with Crippen molar-refractivity contribution in [3.8, 4) is 0 Å². The second kappa shape index (κ2) is 5.58. The third-order valence-electron chi connectivity index (χ3n) is 4.45. The predicted octanol–water partition coefficient (Wildman–Crippen LogP) is 5.34. The van der Waals surface area contributed by atoms with Crippen molar-refractivity contribution in [2.24, 2.45) is 0 Å². The number of rotatable bonds is 0. The zero-order valence-electron chi connectivity index (χ0n) is 10.8. The van der Waals surface area contributed by atoms with Gasteiger partial charge in [-0.3, -0.25) is 0 Å². The average Bonchev–Trinajstić information content (AvgIpc) is 2.31. The van der Waals surface area contributed by atoms with Gasteiger partial charge in [-0.2, -0.15) is 0 Å². The van der Waals surface area contributed by atoms with Crippen LogP contribution in [-0.4, -0.2) is 5.54 Å². The quantitative estimate of drug-likeness (QED) is 0.602. The Morgan fingerprint density at radius 1 is 1.22 bits per heavy atom. The molecule has 1 aliphatic heterocycles. The smallest absolute Gasteiger partial charge is 0.0380 e. The molecule has 1 aromatic carbocycles. The standard InChI is InChI=1S/C15H20IN.ClH/c1-11-10-15(7-3-2-4-8-15)17-14-6-5-12(16)9-13(11)14;/h5-6,9,11,17H,2-4,7-8,10H2,1H3;1H. The van der Waals surface area contributed by atoms with Crippen LogP contribution in [0.3, 0.4) is 0 Å². The first-order chi connectivity index (χ1) is 8.19. The van der Waals surface area contributed by atoms with Crippen LogP contribution in [0.4, 0.5) is 5.69 Å². The highest BCUT2D eigenvalue weighted by molar-refractivity contribution is 14.1. The average molecular weight is 378 g/mol. The van der Waals surface area contributed by atoms with E-state index in [1.165, 1.54) is 53.3 Å². The van der Waals surface area contributed by atoms with E-state index in [4.69, 9.17) is 0 Å². The third kappa shape index (κ3) is 2.64. The number of fused-ring (bicyclic) bond motifs is 1. The van der Waals surface area contributed by atoms with E-state index in [0.29, 0.717) is 11.5 Å². The summed E-state index contributed by atoms with van der Waals surface area (Å²) >= 11 is 2.41. The van der Waals surface area contributed by atoms with Gasteiger partial charge >= 0.3 is 0 Å². The topological polar surface area (TPSA) is 12.0 Å². The zero-order valence-corrected chi connectivity index (χ0v) is 13.8. The Bertz CT molecular complexity index is 427. The minimum atomic E-state index is 0. The normalized spacial score (nSPS) is 24.9. The monoisotopic (exact) mass is 377 g/mol. The van der Waals surface area contributed by atoms with Gasteiger partial charge in [0, 0.05) is 14.8 Å². The summed E-state index contributed by atoms with van der Waals surface area (Å²) in [5, 5.41) is 3.87. The van der Waals surface area contributed by atoms with Gasteiger partial charge in [-0.1, -0.05) is 26.2 Å². The van der Waals surface area contributed by atoms with Crippen molar-refractivity contribution in [3.63, 3.8) is 0 Å². The van der Waals surface area contributed by atoms with Gasteiger partial charge in [0.1, 0.15) is 0 Å². The Kier molecular flexibility index (Phi) is 4.48. The first kappa shape index (κ1) is 14.4. The molecule has 1 unspecified atom stereocenters. The van der Waals surface area contributed by atoms with Crippen LogP contribution >= 0.6 is 35.0 Å². The second-order valence-corrected chi connectivity index (χ2v) is 7.05. The van der Waals surface area contributed by atoms with Gasteiger partial charge in [-0.25, -0.2) is 0 Å².